The van der Waals surface area contributed by atoms with Crippen molar-refractivity contribution in [3.8, 4) is 0 Å². The molecular weight excluding hydrogens is 170 g/mol. The molecular formula is C8H13N3O2. The molecule has 0 aliphatic heterocycles. The minimum absolute atomic E-state index is 0.108. The number of hydrogen-bond acceptors (Lipinski definition) is 2. The largest absolute Gasteiger partial charge is 0.344 e. The van der Waals surface area contributed by atoms with Gasteiger partial charge in [-0.15, -0.1) is 0 Å². The zero-order valence-corrected chi connectivity index (χ0v) is 7.38. The Morgan fingerprint density at radius 2 is 1.54 bits per heavy atom. The molecule has 0 atom stereocenters. The normalized spacial score (nSPS) is 19.1. The van der Waals surface area contributed by atoms with Gasteiger partial charge < -0.3 is 0 Å². The van der Waals surface area contributed by atoms with E-state index in [0.717, 1.165) is 25.7 Å². The van der Waals surface area contributed by atoms with E-state index in [2.05, 4.69) is 10.2 Å². The van der Waals surface area contributed by atoms with Gasteiger partial charge in [-0.25, -0.2) is 24.4 Å². The van der Waals surface area contributed by atoms with E-state index in [1.54, 1.807) is 0 Å². The highest BCUT2D eigenvalue weighted by molar-refractivity contribution is 4.77. The first-order chi connectivity index (χ1) is 6.29. The number of nitrogens with zero attached hydrogens (tertiary/aromatic N) is 1. The molecule has 72 valence electrons. The molecule has 2 rings (SSSR count). The lowest BCUT2D eigenvalue weighted by Gasteiger charge is -2.20. The van der Waals surface area contributed by atoms with Crippen molar-refractivity contribution in [2.45, 2.75) is 38.1 Å². The first-order valence-corrected chi connectivity index (χ1v) is 4.68. The molecule has 13 heavy (non-hydrogen) atoms. The van der Waals surface area contributed by atoms with Crippen LogP contribution in [0.2, 0.25) is 0 Å². The zero-order chi connectivity index (χ0) is 9.26. The first kappa shape index (κ1) is 8.34. The van der Waals surface area contributed by atoms with Crippen LogP contribution < -0.4 is 11.4 Å². The van der Waals surface area contributed by atoms with Crippen LogP contribution in [0.1, 0.15) is 38.1 Å². The molecule has 0 bridgehead atoms. The summed E-state index contributed by atoms with van der Waals surface area (Å²) in [7, 11) is 0. The maximum atomic E-state index is 11.2. The Labute approximate surface area is 74.8 Å². The van der Waals surface area contributed by atoms with Crippen LogP contribution in [-0.2, 0) is 0 Å². The van der Waals surface area contributed by atoms with Crippen molar-refractivity contribution in [1.29, 1.82) is 0 Å². The topological polar surface area (TPSA) is 70.7 Å². The third-order valence-corrected chi connectivity index (χ3v) is 2.65. The van der Waals surface area contributed by atoms with E-state index in [4.69, 9.17) is 0 Å². The molecule has 1 aliphatic rings. The Morgan fingerprint density at radius 1 is 1.00 bits per heavy atom. The number of aromatic amines is 2. The van der Waals surface area contributed by atoms with E-state index in [1.165, 1.54) is 11.0 Å². The molecule has 5 heteroatoms. The van der Waals surface area contributed by atoms with Crippen molar-refractivity contribution >= 4 is 0 Å². The Kier molecular flexibility index (Phi) is 2.08. The van der Waals surface area contributed by atoms with E-state index < -0.39 is 0 Å². The van der Waals surface area contributed by atoms with Crippen molar-refractivity contribution in [3.63, 3.8) is 0 Å². The van der Waals surface area contributed by atoms with E-state index in [1.807, 2.05) is 0 Å². The highest BCUT2D eigenvalue weighted by atomic mass is 16.2. The second-order valence-electron chi connectivity index (χ2n) is 3.52. The Balaban J connectivity index is 2.33. The van der Waals surface area contributed by atoms with Gasteiger partial charge in [-0.3, -0.25) is 0 Å². The number of hydrogen-bond donors (Lipinski definition) is 2. The van der Waals surface area contributed by atoms with Gasteiger partial charge in [-0.1, -0.05) is 19.3 Å². The predicted octanol–water partition coefficient (Wildman–Crippen LogP) is 0.370. The summed E-state index contributed by atoms with van der Waals surface area (Å²) in [5.41, 5.74) is -0.617. The van der Waals surface area contributed by atoms with Crippen LogP contribution in [0.15, 0.2) is 9.59 Å². The number of H-pyrrole nitrogens is 2. The van der Waals surface area contributed by atoms with E-state index in [0.29, 0.717) is 0 Å². The molecule has 2 N–H and O–H groups in total. The van der Waals surface area contributed by atoms with Crippen molar-refractivity contribution in [3.05, 3.63) is 21.0 Å². The van der Waals surface area contributed by atoms with Gasteiger partial charge in [0, 0.05) is 6.04 Å². The molecule has 0 spiro atoms. The maximum absolute atomic E-state index is 11.2. The quantitative estimate of drug-likeness (QED) is 0.660. The third kappa shape index (κ3) is 1.46. The predicted molar refractivity (Wildman–Crippen MR) is 47.8 cm³/mol. The summed E-state index contributed by atoms with van der Waals surface area (Å²) in [5.74, 6) is 0. The highest BCUT2D eigenvalue weighted by Gasteiger charge is 2.18. The second-order valence-corrected chi connectivity index (χ2v) is 3.52. The average molecular weight is 183 g/mol. The monoisotopic (exact) mass is 183 g/mol. The third-order valence-electron chi connectivity index (χ3n) is 2.65. The van der Waals surface area contributed by atoms with Crippen LogP contribution in [0.4, 0.5) is 0 Å². The van der Waals surface area contributed by atoms with Crippen LogP contribution in [0.25, 0.3) is 0 Å². The minimum atomic E-state index is -0.308. The molecule has 0 amide bonds. The SMILES string of the molecule is O=c1[nH][nH]c(=O)n1C1CCCCC1. The molecule has 0 unspecified atom stereocenters. The molecule has 0 saturated heterocycles. The van der Waals surface area contributed by atoms with Crippen LogP contribution >= 0.6 is 0 Å². The van der Waals surface area contributed by atoms with Gasteiger partial charge in [0.1, 0.15) is 0 Å². The zero-order valence-electron chi connectivity index (χ0n) is 7.38. The van der Waals surface area contributed by atoms with E-state index in [-0.39, 0.29) is 17.4 Å². The molecule has 1 aromatic rings. The van der Waals surface area contributed by atoms with Crippen LogP contribution in [0, 0.1) is 0 Å². The van der Waals surface area contributed by atoms with Gasteiger partial charge in [-0.05, 0) is 12.8 Å². The lowest BCUT2D eigenvalue weighted by Crippen LogP contribution is -2.32. The van der Waals surface area contributed by atoms with Gasteiger partial charge in [0.25, 0.3) is 0 Å². The summed E-state index contributed by atoms with van der Waals surface area (Å²) in [6.45, 7) is 0. The molecule has 1 fully saturated rings. The summed E-state index contributed by atoms with van der Waals surface area (Å²) >= 11 is 0. The second kappa shape index (κ2) is 3.24. The van der Waals surface area contributed by atoms with Crippen LogP contribution in [0.5, 0.6) is 0 Å². The summed E-state index contributed by atoms with van der Waals surface area (Å²) in [4.78, 5) is 22.4. The molecule has 1 aromatic heterocycles. The summed E-state index contributed by atoms with van der Waals surface area (Å²) in [6, 6.07) is 0.108. The Morgan fingerprint density at radius 3 is 2.08 bits per heavy atom. The highest BCUT2D eigenvalue weighted by Crippen LogP contribution is 2.25. The lowest BCUT2D eigenvalue weighted by molar-refractivity contribution is 0.340. The smallest absolute Gasteiger partial charge is 0.247 e. The number of rotatable bonds is 1. The molecule has 5 nitrogen and oxygen atoms in total. The number of nitrogens with one attached hydrogen (secondary N) is 2. The molecule has 0 aromatic carbocycles. The van der Waals surface area contributed by atoms with Gasteiger partial charge in [-0.2, -0.15) is 0 Å². The van der Waals surface area contributed by atoms with Crippen molar-refractivity contribution in [2.24, 2.45) is 0 Å². The fourth-order valence-electron chi connectivity index (χ4n) is 1.99. The van der Waals surface area contributed by atoms with Gasteiger partial charge in [0.2, 0.25) is 0 Å². The fraction of sp³-hybridized carbons (Fsp3) is 0.750. The van der Waals surface area contributed by atoms with Gasteiger partial charge >= 0.3 is 11.4 Å². The van der Waals surface area contributed by atoms with Crippen molar-refractivity contribution in [2.75, 3.05) is 0 Å². The summed E-state index contributed by atoms with van der Waals surface area (Å²) in [6.07, 6.45) is 5.33. The Bertz CT molecular complexity index is 353. The van der Waals surface area contributed by atoms with Gasteiger partial charge in [0.05, 0.1) is 0 Å². The molecule has 1 saturated carbocycles. The molecule has 1 heterocycles. The van der Waals surface area contributed by atoms with Crippen LogP contribution in [-0.4, -0.2) is 14.8 Å². The molecule has 0 radical (unpaired) electrons. The average Bonchev–Trinajstić information content (AvgIpc) is 2.48. The first-order valence-electron chi connectivity index (χ1n) is 4.68. The molecule has 1 aliphatic carbocycles. The van der Waals surface area contributed by atoms with Crippen molar-refractivity contribution < 1.29 is 0 Å². The lowest BCUT2D eigenvalue weighted by atomic mass is 9.95. The van der Waals surface area contributed by atoms with Crippen LogP contribution in [0.3, 0.4) is 0 Å². The van der Waals surface area contributed by atoms with E-state index in [9.17, 15) is 9.59 Å². The Hall–Kier alpha value is -1.26. The summed E-state index contributed by atoms with van der Waals surface area (Å²) in [5, 5.41) is 4.61. The standard InChI is InChI=1S/C8H13N3O2/c12-7-9-10-8(13)11(7)6-4-2-1-3-5-6/h6H,1-5H2,(H,9,12)(H,10,13). The fourth-order valence-corrected chi connectivity index (χ4v) is 1.99. The summed E-state index contributed by atoms with van der Waals surface area (Å²) < 4.78 is 1.30. The minimum Gasteiger partial charge on any atom is -0.247 e. The number of aromatic nitrogens is 3. The maximum Gasteiger partial charge on any atom is 0.344 e. The van der Waals surface area contributed by atoms with E-state index >= 15 is 0 Å². The van der Waals surface area contributed by atoms with Crippen molar-refractivity contribution in [1.82, 2.24) is 14.8 Å². The van der Waals surface area contributed by atoms with Gasteiger partial charge in [0.15, 0.2) is 0 Å².